The molecule has 0 aliphatic heterocycles. The lowest BCUT2D eigenvalue weighted by molar-refractivity contribution is 0.127. The summed E-state index contributed by atoms with van der Waals surface area (Å²) in [6.07, 6.45) is 0. The molecule has 1 aromatic carbocycles. The monoisotopic (exact) mass is 187 g/mol. The van der Waals surface area contributed by atoms with Gasteiger partial charge in [0.1, 0.15) is 0 Å². The van der Waals surface area contributed by atoms with E-state index in [0.717, 1.165) is 12.1 Å². The molecule has 1 N–H and O–H groups in total. The van der Waals surface area contributed by atoms with Gasteiger partial charge in [-0.1, -0.05) is 6.07 Å². The number of hydrogen-bond donors (Lipinski definition) is 1. The van der Waals surface area contributed by atoms with Gasteiger partial charge >= 0.3 is 0 Å². The molecule has 1 aromatic rings. The van der Waals surface area contributed by atoms with Gasteiger partial charge in [0.05, 0.1) is 6.73 Å². The van der Waals surface area contributed by atoms with Gasteiger partial charge in [0.25, 0.3) is 0 Å². The van der Waals surface area contributed by atoms with Gasteiger partial charge in [-0.2, -0.15) is 0 Å². The van der Waals surface area contributed by atoms with E-state index >= 15 is 0 Å². The van der Waals surface area contributed by atoms with Gasteiger partial charge in [-0.15, -0.1) is 0 Å². The minimum atomic E-state index is -0.858. The van der Waals surface area contributed by atoms with Crippen molar-refractivity contribution in [1.82, 2.24) is 4.90 Å². The van der Waals surface area contributed by atoms with Gasteiger partial charge in [0, 0.05) is 6.54 Å². The minimum absolute atomic E-state index is 0.112. The first-order valence-corrected chi connectivity index (χ1v) is 3.87. The van der Waals surface area contributed by atoms with Crippen molar-refractivity contribution in [1.29, 1.82) is 0 Å². The molecule has 4 heteroatoms. The van der Waals surface area contributed by atoms with Gasteiger partial charge in [0.2, 0.25) is 0 Å². The van der Waals surface area contributed by atoms with E-state index in [4.69, 9.17) is 5.11 Å². The van der Waals surface area contributed by atoms with Crippen molar-refractivity contribution in [2.75, 3.05) is 13.8 Å². The Hall–Kier alpha value is -1.00. The molecular weight excluding hydrogens is 176 g/mol. The summed E-state index contributed by atoms with van der Waals surface area (Å²) >= 11 is 0. The van der Waals surface area contributed by atoms with Crippen LogP contribution in [0.1, 0.15) is 5.56 Å². The topological polar surface area (TPSA) is 23.5 Å². The molecule has 0 spiro atoms. The molecule has 0 bridgehead atoms. The number of aliphatic hydroxyl groups is 1. The van der Waals surface area contributed by atoms with E-state index < -0.39 is 11.6 Å². The summed E-state index contributed by atoms with van der Waals surface area (Å²) in [7, 11) is 1.68. The largest absolute Gasteiger partial charge is 0.381 e. The first kappa shape index (κ1) is 10.1. The summed E-state index contributed by atoms with van der Waals surface area (Å²) in [6.45, 7) is 0.284. The quantitative estimate of drug-likeness (QED) is 0.722. The van der Waals surface area contributed by atoms with Gasteiger partial charge < -0.3 is 5.11 Å². The molecule has 72 valence electrons. The van der Waals surface area contributed by atoms with Crippen LogP contribution in [0.15, 0.2) is 18.2 Å². The van der Waals surface area contributed by atoms with Crippen molar-refractivity contribution < 1.29 is 13.9 Å². The Morgan fingerprint density at radius 2 is 2.00 bits per heavy atom. The molecule has 1 rings (SSSR count). The Kier molecular flexibility index (Phi) is 3.33. The summed E-state index contributed by atoms with van der Waals surface area (Å²) in [5.74, 6) is -1.71. The van der Waals surface area contributed by atoms with Crippen molar-refractivity contribution in [3.05, 3.63) is 35.4 Å². The zero-order valence-corrected chi connectivity index (χ0v) is 7.30. The van der Waals surface area contributed by atoms with Gasteiger partial charge in [0.15, 0.2) is 11.6 Å². The first-order chi connectivity index (χ1) is 6.13. The molecule has 0 aliphatic carbocycles. The molecule has 2 nitrogen and oxygen atoms in total. The molecule has 13 heavy (non-hydrogen) atoms. The van der Waals surface area contributed by atoms with E-state index in [0.29, 0.717) is 12.1 Å². The molecule has 0 heterocycles. The molecule has 0 aromatic heterocycles. The lowest BCUT2D eigenvalue weighted by Gasteiger charge is -2.12. The Bertz CT molecular complexity index is 291. The van der Waals surface area contributed by atoms with Crippen LogP contribution in [0.4, 0.5) is 8.78 Å². The number of nitrogens with zero attached hydrogens (tertiary/aromatic N) is 1. The summed E-state index contributed by atoms with van der Waals surface area (Å²) in [6, 6.07) is 3.70. The molecule has 0 saturated carbocycles. The third-order valence-electron chi connectivity index (χ3n) is 1.68. The van der Waals surface area contributed by atoms with E-state index in [-0.39, 0.29) is 6.73 Å². The van der Waals surface area contributed by atoms with Crippen LogP contribution in [0.2, 0.25) is 0 Å². The second-order valence-electron chi connectivity index (χ2n) is 2.90. The molecule has 0 amide bonds. The number of benzene rings is 1. The number of hydrogen-bond acceptors (Lipinski definition) is 2. The highest BCUT2D eigenvalue weighted by molar-refractivity contribution is 5.17. The molecule has 0 atom stereocenters. The zero-order valence-electron chi connectivity index (χ0n) is 7.30. The zero-order chi connectivity index (χ0) is 9.84. The Morgan fingerprint density at radius 3 is 2.54 bits per heavy atom. The molecular formula is C9H11F2NO. The Labute approximate surface area is 75.4 Å². The van der Waals surface area contributed by atoms with Gasteiger partial charge in [-0.3, -0.25) is 4.90 Å². The Morgan fingerprint density at radius 1 is 1.31 bits per heavy atom. The lowest BCUT2D eigenvalue weighted by atomic mass is 10.2. The highest BCUT2D eigenvalue weighted by Crippen LogP contribution is 2.09. The second kappa shape index (κ2) is 4.30. The SMILES string of the molecule is CN(CO)Cc1ccc(F)c(F)c1. The van der Waals surface area contributed by atoms with E-state index in [9.17, 15) is 8.78 Å². The second-order valence-corrected chi connectivity index (χ2v) is 2.90. The van der Waals surface area contributed by atoms with E-state index in [1.807, 2.05) is 0 Å². The van der Waals surface area contributed by atoms with Crippen LogP contribution in [0.3, 0.4) is 0 Å². The van der Waals surface area contributed by atoms with Crippen molar-refractivity contribution in [2.45, 2.75) is 6.54 Å². The van der Waals surface area contributed by atoms with E-state index in [1.54, 1.807) is 11.9 Å². The van der Waals surface area contributed by atoms with Crippen LogP contribution in [0.25, 0.3) is 0 Å². The normalized spacial score (nSPS) is 10.8. The third-order valence-corrected chi connectivity index (χ3v) is 1.68. The van der Waals surface area contributed by atoms with Crippen LogP contribution in [0, 0.1) is 11.6 Å². The molecule has 0 saturated heterocycles. The molecule has 0 fully saturated rings. The van der Waals surface area contributed by atoms with Gasteiger partial charge in [-0.05, 0) is 24.7 Å². The summed E-state index contributed by atoms with van der Waals surface area (Å²) in [5, 5.41) is 8.68. The number of rotatable bonds is 3. The summed E-state index contributed by atoms with van der Waals surface area (Å²) in [4.78, 5) is 1.58. The fourth-order valence-corrected chi connectivity index (χ4v) is 1.000. The first-order valence-electron chi connectivity index (χ1n) is 3.87. The average Bonchev–Trinajstić information content (AvgIpc) is 2.11. The Balaban J connectivity index is 2.73. The maximum atomic E-state index is 12.7. The van der Waals surface area contributed by atoms with Crippen molar-refractivity contribution in [3.8, 4) is 0 Å². The average molecular weight is 187 g/mol. The summed E-state index contributed by atoms with van der Waals surface area (Å²) < 4.78 is 25.2. The highest BCUT2D eigenvalue weighted by Gasteiger charge is 2.03. The predicted octanol–water partition coefficient (Wildman–Crippen LogP) is 1.35. The molecule has 0 radical (unpaired) electrons. The van der Waals surface area contributed by atoms with Crippen LogP contribution in [-0.2, 0) is 6.54 Å². The maximum absolute atomic E-state index is 12.7. The minimum Gasteiger partial charge on any atom is -0.381 e. The standard InChI is InChI=1S/C9H11F2NO/c1-12(6-13)5-7-2-3-8(10)9(11)4-7/h2-4,13H,5-6H2,1H3. The fraction of sp³-hybridized carbons (Fsp3) is 0.333. The van der Waals surface area contributed by atoms with E-state index in [2.05, 4.69) is 0 Å². The summed E-state index contributed by atoms with van der Waals surface area (Å²) in [5.41, 5.74) is 0.635. The van der Waals surface area contributed by atoms with Gasteiger partial charge in [-0.25, -0.2) is 8.78 Å². The number of halogens is 2. The number of aliphatic hydroxyl groups excluding tert-OH is 1. The molecule has 0 unspecified atom stereocenters. The fourth-order valence-electron chi connectivity index (χ4n) is 1.000. The van der Waals surface area contributed by atoms with Crippen molar-refractivity contribution in [2.24, 2.45) is 0 Å². The van der Waals surface area contributed by atoms with Crippen molar-refractivity contribution >= 4 is 0 Å². The van der Waals surface area contributed by atoms with Crippen LogP contribution in [0.5, 0.6) is 0 Å². The van der Waals surface area contributed by atoms with Crippen LogP contribution >= 0.6 is 0 Å². The smallest absolute Gasteiger partial charge is 0.159 e. The van der Waals surface area contributed by atoms with E-state index in [1.165, 1.54) is 6.07 Å². The predicted molar refractivity (Wildman–Crippen MR) is 44.9 cm³/mol. The van der Waals surface area contributed by atoms with Crippen LogP contribution < -0.4 is 0 Å². The molecule has 0 aliphatic rings. The third kappa shape index (κ3) is 2.75. The lowest BCUT2D eigenvalue weighted by Crippen LogP contribution is -2.18. The highest BCUT2D eigenvalue weighted by atomic mass is 19.2. The van der Waals surface area contributed by atoms with Crippen molar-refractivity contribution in [3.63, 3.8) is 0 Å². The van der Waals surface area contributed by atoms with Crippen LogP contribution in [-0.4, -0.2) is 23.8 Å². The maximum Gasteiger partial charge on any atom is 0.159 e.